The van der Waals surface area contributed by atoms with Crippen LogP contribution in [0.3, 0.4) is 0 Å². The summed E-state index contributed by atoms with van der Waals surface area (Å²) in [4.78, 5) is 13.1. The number of hydrogen-bond donors (Lipinski definition) is 1. The summed E-state index contributed by atoms with van der Waals surface area (Å²) in [5, 5.41) is 3.04. The number of likely N-dealkylation sites (N-methyl/N-ethyl adjacent to an activating group) is 2. The number of carbonyl (C=O) groups is 1. The predicted molar refractivity (Wildman–Crippen MR) is 64.7 cm³/mol. The van der Waals surface area contributed by atoms with Gasteiger partial charge in [0.1, 0.15) is 5.54 Å². The summed E-state index contributed by atoms with van der Waals surface area (Å²) in [6, 6.07) is 0. The molecular formula is C12H21F3N2O2. The molecule has 0 aromatic rings. The van der Waals surface area contributed by atoms with E-state index in [2.05, 4.69) is 5.32 Å². The maximum absolute atomic E-state index is 12.4. The summed E-state index contributed by atoms with van der Waals surface area (Å²) in [6.45, 7) is 1.29. The largest absolute Gasteiger partial charge is 0.468 e. The average Bonchev–Trinajstić information content (AvgIpc) is 3.08. The van der Waals surface area contributed by atoms with Crippen LogP contribution < -0.4 is 5.32 Å². The van der Waals surface area contributed by atoms with Gasteiger partial charge in [-0.1, -0.05) is 6.92 Å². The Bertz CT molecular complexity index is 319. The van der Waals surface area contributed by atoms with Crippen molar-refractivity contribution in [1.29, 1.82) is 0 Å². The smallest absolute Gasteiger partial charge is 0.401 e. The second-order valence-corrected chi connectivity index (χ2v) is 5.06. The van der Waals surface area contributed by atoms with Gasteiger partial charge < -0.3 is 10.1 Å². The summed E-state index contributed by atoms with van der Waals surface area (Å²) in [5.74, 6) is -0.429. The van der Waals surface area contributed by atoms with Crippen LogP contribution in [0.4, 0.5) is 13.2 Å². The maximum atomic E-state index is 12.4. The fourth-order valence-corrected chi connectivity index (χ4v) is 2.49. The standard InChI is InChI=1S/C12H21F3N2O2/c1-4-16-11(9-5-6-9,10(18)19-3)7-17(2)8-12(13,14)15/h9,16H,4-8H2,1-3H3. The number of nitrogens with one attached hydrogen (secondary N) is 1. The lowest BCUT2D eigenvalue weighted by atomic mass is 9.92. The van der Waals surface area contributed by atoms with E-state index in [-0.39, 0.29) is 12.5 Å². The Morgan fingerprint density at radius 3 is 2.32 bits per heavy atom. The van der Waals surface area contributed by atoms with Crippen molar-refractivity contribution < 1.29 is 22.7 Å². The van der Waals surface area contributed by atoms with Crippen LogP contribution in [0.1, 0.15) is 19.8 Å². The van der Waals surface area contributed by atoms with E-state index in [1.807, 2.05) is 6.92 Å². The molecule has 112 valence electrons. The molecule has 1 atom stereocenters. The van der Waals surface area contributed by atoms with Crippen molar-refractivity contribution in [2.45, 2.75) is 31.5 Å². The van der Waals surface area contributed by atoms with Crippen molar-refractivity contribution in [3.8, 4) is 0 Å². The number of ether oxygens (including phenoxy) is 1. The van der Waals surface area contributed by atoms with E-state index >= 15 is 0 Å². The van der Waals surface area contributed by atoms with Gasteiger partial charge in [0.05, 0.1) is 13.7 Å². The molecule has 1 unspecified atom stereocenters. The van der Waals surface area contributed by atoms with Gasteiger partial charge in [-0.3, -0.25) is 4.90 Å². The second kappa shape index (κ2) is 6.09. The minimum absolute atomic E-state index is 0.00229. The Labute approximate surface area is 111 Å². The second-order valence-electron chi connectivity index (χ2n) is 5.06. The summed E-state index contributed by atoms with van der Waals surface area (Å²) in [5.41, 5.74) is -1.02. The van der Waals surface area contributed by atoms with Crippen LogP contribution in [0.5, 0.6) is 0 Å². The molecule has 19 heavy (non-hydrogen) atoms. The lowest BCUT2D eigenvalue weighted by Gasteiger charge is -2.35. The summed E-state index contributed by atoms with van der Waals surface area (Å²) in [6.07, 6.45) is -2.60. The molecule has 1 fully saturated rings. The molecular weight excluding hydrogens is 261 g/mol. The van der Waals surface area contributed by atoms with Gasteiger partial charge in [0.25, 0.3) is 0 Å². The molecule has 0 saturated heterocycles. The molecule has 1 rings (SSSR count). The zero-order valence-corrected chi connectivity index (χ0v) is 11.5. The van der Waals surface area contributed by atoms with Gasteiger partial charge in [-0.15, -0.1) is 0 Å². The number of halogens is 3. The van der Waals surface area contributed by atoms with Gasteiger partial charge in [-0.2, -0.15) is 13.2 Å². The first-order valence-electron chi connectivity index (χ1n) is 6.34. The van der Waals surface area contributed by atoms with E-state index in [1.165, 1.54) is 14.2 Å². The number of rotatable bonds is 7. The third kappa shape index (κ3) is 4.35. The fraction of sp³-hybridized carbons (Fsp3) is 0.917. The van der Waals surface area contributed by atoms with Gasteiger partial charge >= 0.3 is 12.1 Å². The van der Waals surface area contributed by atoms with Gasteiger partial charge in [-0.05, 0) is 32.4 Å². The predicted octanol–water partition coefficient (Wildman–Crippen LogP) is 1.41. The van der Waals surface area contributed by atoms with Crippen LogP contribution in [-0.2, 0) is 9.53 Å². The Balaban J connectivity index is 2.81. The summed E-state index contributed by atoms with van der Waals surface area (Å²) in [7, 11) is 2.63. The zero-order chi connectivity index (χ0) is 14.7. The van der Waals surface area contributed by atoms with Crippen molar-refractivity contribution in [1.82, 2.24) is 10.2 Å². The summed E-state index contributed by atoms with van der Waals surface area (Å²) < 4.78 is 42.0. The number of methoxy groups -OCH3 is 1. The minimum Gasteiger partial charge on any atom is -0.468 e. The third-order valence-corrected chi connectivity index (χ3v) is 3.28. The molecule has 1 saturated carbocycles. The summed E-state index contributed by atoms with van der Waals surface area (Å²) >= 11 is 0. The highest BCUT2D eigenvalue weighted by molar-refractivity contribution is 5.82. The number of esters is 1. The molecule has 0 heterocycles. The topological polar surface area (TPSA) is 41.6 Å². The number of alkyl halides is 3. The highest BCUT2D eigenvalue weighted by Gasteiger charge is 2.52. The van der Waals surface area contributed by atoms with Crippen molar-refractivity contribution in [2.75, 3.05) is 33.8 Å². The average molecular weight is 282 g/mol. The first-order chi connectivity index (χ1) is 8.75. The Hall–Kier alpha value is -0.820. The normalized spacial score (nSPS) is 19.3. The molecule has 7 heteroatoms. The molecule has 0 aliphatic heterocycles. The van der Waals surface area contributed by atoms with Gasteiger partial charge in [-0.25, -0.2) is 4.79 Å². The molecule has 1 N–H and O–H groups in total. The molecule has 4 nitrogen and oxygen atoms in total. The molecule has 1 aliphatic carbocycles. The lowest BCUT2D eigenvalue weighted by Crippen LogP contribution is -2.61. The van der Waals surface area contributed by atoms with Crippen molar-refractivity contribution >= 4 is 5.97 Å². The lowest BCUT2D eigenvalue weighted by molar-refractivity contribution is -0.158. The molecule has 0 aromatic heterocycles. The Kier molecular flexibility index (Phi) is 5.20. The van der Waals surface area contributed by atoms with Crippen LogP contribution in [0.15, 0.2) is 0 Å². The Morgan fingerprint density at radius 1 is 1.37 bits per heavy atom. The molecule has 0 amide bonds. The van der Waals surface area contributed by atoms with Crippen LogP contribution in [-0.4, -0.2) is 56.4 Å². The van der Waals surface area contributed by atoms with E-state index in [9.17, 15) is 18.0 Å². The van der Waals surface area contributed by atoms with Gasteiger partial charge in [0, 0.05) is 6.54 Å². The van der Waals surface area contributed by atoms with Crippen LogP contribution in [0, 0.1) is 5.92 Å². The van der Waals surface area contributed by atoms with E-state index < -0.39 is 24.2 Å². The number of carbonyl (C=O) groups excluding carboxylic acids is 1. The van der Waals surface area contributed by atoms with E-state index in [0.29, 0.717) is 6.54 Å². The molecule has 0 spiro atoms. The number of hydrogen-bond acceptors (Lipinski definition) is 4. The molecule has 0 radical (unpaired) electrons. The van der Waals surface area contributed by atoms with Crippen molar-refractivity contribution in [3.63, 3.8) is 0 Å². The van der Waals surface area contributed by atoms with E-state index in [1.54, 1.807) is 0 Å². The quantitative estimate of drug-likeness (QED) is 0.717. The molecule has 0 aromatic carbocycles. The molecule has 1 aliphatic rings. The van der Waals surface area contributed by atoms with E-state index in [0.717, 1.165) is 17.7 Å². The van der Waals surface area contributed by atoms with Crippen LogP contribution in [0.2, 0.25) is 0 Å². The maximum Gasteiger partial charge on any atom is 0.401 e. The fourth-order valence-electron chi connectivity index (χ4n) is 2.49. The molecule has 0 bridgehead atoms. The first-order valence-corrected chi connectivity index (χ1v) is 6.34. The SMILES string of the molecule is CCNC(CN(C)CC(F)(F)F)(C(=O)OC)C1CC1. The van der Waals surface area contributed by atoms with Crippen molar-refractivity contribution in [2.24, 2.45) is 5.92 Å². The van der Waals surface area contributed by atoms with Gasteiger partial charge in [0.2, 0.25) is 0 Å². The van der Waals surface area contributed by atoms with Crippen LogP contribution in [0.25, 0.3) is 0 Å². The van der Waals surface area contributed by atoms with E-state index in [4.69, 9.17) is 4.74 Å². The highest BCUT2D eigenvalue weighted by atomic mass is 19.4. The monoisotopic (exact) mass is 282 g/mol. The van der Waals surface area contributed by atoms with Gasteiger partial charge in [0.15, 0.2) is 0 Å². The highest BCUT2D eigenvalue weighted by Crippen LogP contribution is 2.41. The third-order valence-electron chi connectivity index (χ3n) is 3.28. The van der Waals surface area contributed by atoms with Crippen LogP contribution >= 0.6 is 0 Å². The number of nitrogens with zero attached hydrogens (tertiary/aromatic N) is 1. The zero-order valence-electron chi connectivity index (χ0n) is 11.5. The first kappa shape index (κ1) is 16.2. The minimum atomic E-state index is -4.27. The Morgan fingerprint density at radius 2 is 1.95 bits per heavy atom. The van der Waals surface area contributed by atoms with Crippen molar-refractivity contribution in [3.05, 3.63) is 0 Å².